The summed E-state index contributed by atoms with van der Waals surface area (Å²) < 4.78 is 226. The Balaban J connectivity index is 0.000000268. The van der Waals surface area contributed by atoms with Crippen molar-refractivity contribution in [1.82, 2.24) is 0 Å². The van der Waals surface area contributed by atoms with Gasteiger partial charge in [0.2, 0.25) is 0 Å². The maximum atomic E-state index is 13.7. The summed E-state index contributed by atoms with van der Waals surface area (Å²) in [5.74, 6) is -5.05. The lowest BCUT2D eigenvalue weighted by Gasteiger charge is -2.13. The van der Waals surface area contributed by atoms with Crippen molar-refractivity contribution in [3.05, 3.63) is 82.9 Å². The van der Waals surface area contributed by atoms with Crippen LogP contribution in [0.15, 0.2) is 48.5 Å². The van der Waals surface area contributed by atoms with Crippen molar-refractivity contribution in [2.24, 2.45) is 0 Å². The third kappa shape index (κ3) is 9.16. The van der Waals surface area contributed by atoms with E-state index in [1.165, 1.54) is 18.2 Å². The van der Waals surface area contributed by atoms with E-state index in [1.807, 2.05) is 3.63 Å². The van der Waals surface area contributed by atoms with Gasteiger partial charge in [-0.3, -0.25) is 0 Å². The Hall–Kier alpha value is -4.10. The highest BCUT2D eigenvalue weighted by atomic mass is 32.3. The van der Waals surface area contributed by atoms with E-state index in [1.54, 1.807) is 13.0 Å². The molecule has 0 saturated heterocycles. The monoisotopic (exact) mass is 802 g/mol. The molecule has 278 valence electrons. The first-order valence-electron chi connectivity index (χ1n) is 12.1. The highest BCUT2D eigenvalue weighted by Crippen LogP contribution is 2.35. The topological polar surface area (TPSA) is 141 Å². The molecular weight excluding hydrogens is 787 g/mol. The van der Waals surface area contributed by atoms with Crippen LogP contribution >= 0.6 is 0 Å². The summed E-state index contributed by atoms with van der Waals surface area (Å²) in [4.78, 5) is 0. The number of hydrogen-bond donors (Lipinski definition) is 1. The molecule has 0 aliphatic rings. The molecule has 50 heavy (non-hydrogen) atoms. The van der Waals surface area contributed by atoms with Gasteiger partial charge < -0.3 is 9.29 Å². The third-order valence-electron chi connectivity index (χ3n) is 5.82. The van der Waals surface area contributed by atoms with E-state index < -0.39 is 75.9 Å². The minimum Gasteiger partial charge on any atom is -0.508 e. The fraction of sp³-hybridized carbons (Fsp3) is 0.200. The van der Waals surface area contributed by atoms with Crippen LogP contribution in [-0.4, -0.2) is 46.9 Å². The number of benzene rings is 4. The Bertz CT molecular complexity index is 2160. The highest BCUT2D eigenvalue weighted by Gasteiger charge is 2.57. The molecule has 0 fully saturated rings. The van der Waals surface area contributed by atoms with Gasteiger partial charge >= 0.3 is 46.9 Å². The molecule has 0 amide bonds. The summed E-state index contributed by atoms with van der Waals surface area (Å²) in [6, 6.07) is 9.72. The van der Waals surface area contributed by atoms with Crippen LogP contribution in [0.25, 0.3) is 21.5 Å². The van der Waals surface area contributed by atoms with E-state index in [0.29, 0.717) is 10.9 Å². The molecular formula is C25H15F13O9S3. The zero-order valence-corrected chi connectivity index (χ0v) is 26.4. The van der Waals surface area contributed by atoms with Crippen LogP contribution in [-0.2, 0) is 34.0 Å². The van der Waals surface area contributed by atoms with Gasteiger partial charge in [-0.05, 0) is 48.9 Å². The SMILES string of the molecule is Cc1c(O)ccc2ccc(F)c(F)c12.Cc1c(OS(=O)(=O)C(F)(F)F)ccc2ccc(F)c(F)c12.O=S(=O)(OS(=O)(=O)C(F)(F)F)C(F)(F)F. The summed E-state index contributed by atoms with van der Waals surface area (Å²) in [5.41, 5.74) is -18.0. The van der Waals surface area contributed by atoms with Crippen molar-refractivity contribution < 1.29 is 95.2 Å². The van der Waals surface area contributed by atoms with Crippen molar-refractivity contribution in [2.75, 3.05) is 0 Å². The Morgan fingerprint density at radius 2 is 0.860 bits per heavy atom. The standard InChI is InChI=1S/C12H7F5O3S.C11H8F2O.C2F6O5S2/c1-6-9(20-21(18,19)12(15,16)17)5-3-7-2-4-8(13)11(14)10(6)7;1-6-9(14)5-3-7-2-4-8(12)11(13)10(6)7;3-1(4,5)14(9,10)13-15(11,12)2(6,7)8/h2-5H,1H3;2-5,14H,1H3;. The van der Waals surface area contributed by atoms with Crippen molar-refractivity contribution in [1.29, 1.82) is 0 Å². The minimum absolute atomic E-state index is 0.0259. The summed E-state index contributed by atoms with van der Waals surface area (Å²) in [5, 5.41) is 9.92. The Morgan fingerprint density at radius 1 is 0.520 bits per heavy atom. The number of aryl methyl sites for hydroxylation is 2. The molecule has 0 aromatic heterocycles. The van der Waals surface area contributed by atoms with Crippen LogP contribution in [0.5, 0.6) is 11.5 Å². The molecule has 25 heteroatoms. The molecule has 0 heterocycles. The maximum Gasteiger partial charge on any atom is 0.534 e. The Morgan fingerprint density at radius 3 is 1.24 bits per heavy atom. The number of aromatic hydroxyl groups is 1. The Labute approximate surface area is 271 Å². The van der Waals surface area contributed by atoms with Crippen LogP contribution in [0.4, 0.5) is 57.1 Å². The molecule has 9 nitrogen and oxygen atoms in total. The smallest absolute Gasteiger partial charge is 0.508 e. The average molecular weight is 803 g/mol. The molecule has 4 aromatic rings. The van der Waals surface area contributed by atoms with Gasteiger partial charge in [0.05, 0.1) is 0 Å². The van der Waals surface area contributed by atoms with E-state index in [0.717, 1.165) is 31.2 Å². The summed E-state index contributed by atoms with van der Waals surface area (Å²) in [6.45, 7) is 2.69. The second kappa shape index (κ2) is 14.3. The summed E-state index contributed by atoms with van der Waals surface area (Å²) in [7, 11) is -19.6. The molecule has 0 radical (unpaired) electrons. The van der Waals surface area contributed by atoms with E-state index in [2.05, 4.69) is 4.18 Å². The highest BCUT2D eigenvalue weighted by molar-refractivity contribution is 8.00. The van der Waals surface area contributed by atoms with Crippen molar-refractivity contribution in [2.45, 2.75) is 30.4 Å². The van der Waals surface area contributed by atoms with Gasteiger partial charge in [0.1, 0.15) is 11.5 Å². The molecule has 1 N–H and O–H groups in total. The molecule has 0 spiro atoms. The van der Waals surface area contributed by atoms with Gasteiger partial charge in [-0.1, -0.05) is 24.3 Å². The first-order chi connectivity index (χ1) is 22.4. The first-order valence-corrected chi connectivity index (χ1v) is 16.4. The molecule has 0 aliphatic heterocycles. The third-order valence-corrected chi connectivity index (χ3v) is 9.36. The fourth-order valence-electron chi connectivity index (χ4n) is 3.46. The van der Waals surface area contributed by atoms with Crippen molar-refractivity contribution in [3.63, 3.8) is 0 Å². The molecule has 0 unspecified atom stereocenters. The predicted octanol–water partition coefficient (Wildman–Crippen LogP) is 7.49. The molecule has 0 bridgehead atoms. The second-order valence-electron chi connectivity index (χ2n) is 9.17. The molecule has 4 rings (SSSR count). The van der Waals surface area contributed by atoms with Crippen LogP contribution < -0.4 is 4.18 Å². The van der Waals surface area contributed by atoms with Gasteiger partial charge in [-0.2, -0.15) is 64.8 Å². The molecule has 0 atom stereocenters. The van der Waals surface area contributed by atoms with E-state index in [-0.39, 0.29) is 27.5 Å². The molecule has 0 aliphatic carbocycles. The van der Waals surface area contributed by atoms with Crippen molar-refractivity contribution in [3.8, 4) is 11.5 Å². The number of halogens is 13. The number of phenols is 1. The quantitative estimate of drug-likeness (QED) is 0.126. The molecule has 0 saturated carbocycles. The number of phenolic OH excluding ortho intramolecular Hbond substituents is 1. The van der Waals surface area contributed by atoms with Gasteiger partial charge in [-0.25, -0.2) is 17.6 Å². The number of rotatable bonds is 4. The van der Waals surface area contributed by atoms with E-state index in [9.17, 15) is 87.4 Å². The minimum atomic E-state index is -6.85. The van der Waals surface area contributed by atoms with Crippen LogP contribution in [0.3, 0.4) is 0 Å². The number of fused-ring (bicyclic) bond motifs is 2. The van der Waals surface area contributed by atoms with Crippen LogP contribution in [0, 0.1) is 37.1 Å². The van der Waals surface area contributed by atoms with Crippen LogP contribution in [0.2, 0.25) is 0 Å². The van der Waals surface area contributed by atoms with Gasteiger partial charge in [-0.15, -0.1) is 3.63 Å². The lowest BCUT2D eigenvalue weighted by atomic mass is 10.0. The van der Waals surface area contributed by atoms with Gasteiger partial charge in [0, 0.05) is 21.9 Å². The predicted molar refractivity (Wildman–Crippen MR) is 146 cm³/mol. The second-order valence-corrected chi connectivity index (χ2v) is 14.0. The zero-order chi connectivity index (χ0) is 39.0. The maximum absolute atomic E-state index is 13.7. The normalized spacial score (nSPS) is 12.9. The van der Waals surface area contributed by atoms with Gasteiger partial charge in [0.25, 0.3) is 0 Å². The van der Waals surface area contributed by atoms with E-state index in [4.69, 9.17) is 0 Å². The van der Waals surface area contributed by atoms with Gasteiger partial charge in [0.15, 0.2) is 23.3 Å². The zero-order valence-electron chi connectivity index (χ0n) is 24.0. The first kappa shape index (κ1) is 42.1. The number of alkyl halides is 9. The average Bonchev–Trinajstić information content (AvgIpc) is 2.94. The largest absolute Gasteiger partial charge is 0.534 e. The summed E-state index contributed by atoms with van der Waals surface area (Å²) in [6.07, 6.45) is 0. The lowest BCUT2D eigenvalue weighted by Crippen LogP contribution is -2.34. The van der Waals surface area contributed by atoms with E-state index >= 15 is 0 Å². The fourth-order valence-corrected chi connectivity index (χ4v) is 5.53. The Kier molecular flexibility index (Phi) is 12.0. The lowest BCUT2D eigenvalue weighted by molar-refractivity contribution is -0.0586. The van der Waals surface area contributed by atoms with Crippen LogP contribution in [0.1, 0.15) is 11.1 Å². The molecule has 4 aromatic carbocycles. The summed E-state index contributed by atoms with van der Waals surface area (Å²) >= 11 is 0. The number of hydrogen-bond acceptors (Lipinski definition) is 9. The van der Waals surface area contributed by atoms with Crippen molar-refractivity contribution >= 4 is 51.9 Å².